The van der Waals surface area contributed by atoms with Gasteiger partial charge in [0.1, 0.15) is 18.3 Å². The Bertz CT molecular complexity index is 570. The number of carbonyl (C=O) groups excluding carboxylic acids is 3. The molecule has 1 aliphatic heterocycles. The first kappa shape index (κ1) is 12.9. The summed E-state index contributed by atoms with van der Waals surface area (Å²) in [6.45, 7) is 1.29. The van der Waals surface area contributed by atoms with Gasteiger partial charge in [0.25, 0.3) is 5.91 Å². The zero-order chi connectivity index (χ0) is 14.2. The third-order valence-electron chi connectivity index (χ3n) is 2.95. The maximum absolute atomic E-state index is 12.3. The van der Waals surface area contributed by atoms with Gasteiger partial charge in [-0.15, -0.1) is 0 Å². The number of phenolic OH excluding ortho intramolecular Hbond substituents is 1. The van der Waals surface area contributed by atoms with Gasteiger partial charge in [0, 0.05) is 5.69 Å². The van der Waals surface area contributed by atoms with Crippen LogP contribution in [0.5, 0.6) is 5.75 Å². The van der Waals surface area contributed by atoms with Crippen molar-refractivity contribution in [3.05, 3.63) is 23.8 Å². The molecule has 1 saturated heterocycles. The first-order chi connectivity index (χ1) is 8.90. The average molecular weight is 263 g/mol. The highest BCUT2D eigenvalue weighted by Gasteiger charge is 2.34. The van der Waals surface area contributed by atoms with Crippen molar-refractivity contribution < 1.29 is 19.5 Å². The van der Waals surface area contributed by atoms with E-state index in [4.69, 9.17) is 5.73 Å². The van der Waals surface area contributed by atoms with E-state index in [0.29, 0.717) is 0 Å². The smallest absolute Gasteiger partial charge is 0.257 e. The summed E-state index contributed by atoms with van der Waals surface area (Å²) >= 11 is 0. The standard InChI is InChI=1S/C12H13N3O4/c1-6-11(18)14-10(17)5-15(6)12(19)8-4-7(16)2-3-9(8)13/h2-4,6,16H,5,13H2,1H3,(H,14,17,18). The van der Waals surface area contributed by atoms with Crippen molar-refractivity contribution in [2.75, 3.05) is 12.3 Å². The number of rotatable bonds is 1. The Balaban J connectivity index is 2.35. The lowest BCUT2D eigenvalue weighted by atomic mass is 10.1. The molecule has 7 heteroatoms. The fourth-order valence-corrected chi connectivity index (χ4v) is 1.85. The maximum atomic E-state index is 12.3. The number of piperazine rings is 1. The van der Waals surface area contributed by atoms with Crippen molar-refractivity contribution in [1.29, 1.82) is 0 Å². The lowest BCUT2D eigenvalue weighted by Gasteiger charge is -2.31. The first-order valence-electron chi connectivity index (χ1n) is 5.63. The number of hydrogen-bond acceptors (Lipinski definition) is 5. The molecule has 0 aliphatic carbocycles. The van der Waals surface area contributed by atoms with Gasteiger partial charge in [-0.2, -0.15) is 0 Å². The Morgan fingerprint density at radius 3 is 2.84 bits per heavy atom. The maximum Gasteiger partial charge on any atom is 0.257 e. The highest BCUT2D eigenvalue weighted by molar-refractivity contribution is 6.08. The topological polar surface area (TPSA) is 113 Å². The second kappa shape index (κ2) is 4.60. The van der Waals surface area contributed by atoms with Gasteiger partial charge in [-0.05, 0) is 25.1 Å². The van der Waals surface area contributed by atoms with Crippen molar-refractivity contribution in [3.8, 4) is 5.75 Å². The van der Waals surface area contributed by atoms with E-state index >= 15 is 0 Å². The molecule has 1 aromatic carbocycles. The van der Waals surface area contributed by atoms with Crippen LogP contribution in [0.2, 0.25) is 0 Å². The number of carbonyl (C=O) groups is 3. The summed E-state index contributed by atoms with van der Waals surface area (Å²) in [5.41, 5.74) is 5.91. The third-order valence-corrected chi connectivity index (χ3v) is 2.95. The summed E-state index contributed by atoms with van der Waals surface area (Å²) in [7, 11) is 0. The summed E-state index contributed by atoms with van der Waals surface area (Å²) < 4.78 is 0. The van der Waals surface area contributed by atoms with Crippen LogP contribution in [0.15, 0.2) is 18.2 Å². The van der Waals surface area contributed by atoms with Crippen molar-refractivity contribution in [2.45, 2.75) is 13.0 Å². The molecule has 0 aromatic heterocycles. The fraction of sp³-hybridized carbons (Fsp3) is 0.250. The molecule has 100 valence electrons. The molecule has 19 heavy (non-hydrogen) atoms. The molecule has 1 atom stereocenters. The summed E-state index contributed by atoms with van der Waals surface area (Å²) in [4.78, 5) is 36.2. The van der Waals surface area contributed by atoms with Crippen molar-refractivity contribution in [3.63, 3.8) is 0 Å². The molecule has 0 radical (unpaired) electrons. The normalized spacial score (nSPS) is 19.2. The molecule has 4 N–H and O–H groups in total. The highest BCUT2D eigenvalue weighted by atomic mass is 16.3. The lowest BCUT2D eigenvalue weighted by molar-refractivity contribution is -0.138. The monoisotopic (exact) mass is 263 g/mol. The van der Waals surface area contributed by atoms with Crippen LogP contribution in [0.4, 0.5) is 5.69 Å². The van der Waals surface area contributed by atoms with Gasteiger partial charge in [0.05, 0.1) is 5.56 Å². The van der Waals surface area contributed by atoms with Crippen LogP contribution >= 0.6 is 0 Å². The van der Waals surface area contributed by atoms with E-state index in [1.54, 1.807) is 0 Å². The number of nitrogens with zero attached hydrogens (tertiary/aromatic N) is 1. The molecule has 1 aromatic rings. The number of benzene rings is 1. The van der Waals surface area contributed by atoms with Gasteiger partial charge in [0.2, 0.25) is 11.8 Å². The van der Waals surface area contributed by atoms with Gasteiger partial charge in [-0.25, -0.2) is 0 Å². The summed E-state index contributed by atoms with van der Waals surface area (Å²) in [6, 6.07) is 3.18. The van der Waals surface area contributed by atoms with Gasteiger partial charge in [-0.1, -0.05) is 0 Å². The van der Waals surface area contributed by atoms with E-state index in [1.165, 1.54) is 25.1 Å². The number of aromatic hydroxyl groups is 1. The number of nitrogens with one attached hydrogen (secondary N) is 1. The Morgan fingerprint density at radius 2 is 2.16 bits per heavy atom. The van der Waals surface area contributed by atoms with Crippen molar-refractivity contribution in [2.24, 2.45) is 0 Å². The van der Waals surface area contributed by atoms with Gasteiger partial charge in [0.15, 0.2) is 0 Å². The minimum atomic E-state index is -0.771. The van der Waals surface area contributed by atoms with Crippen LogP contribution in [0.3, 0.4) is 0 Å². The fourth-order valence-electron chi connectivity index (χ4n) is 1.85. The Kier molecular flexibility index (Phi) is 3.12. The summed E-state index contributed by atoms with van der Waals surface area (Å²) in [5.74, 6) is -1.76. The zero-order valence-corrected chi connectivity index (χ0v) is 10.2. The van der Waals surface area contributed by atoms with Crippen LogP contribution in [0.1, 0.15) is 17.3 Å². The first-order valence-corrected chi connectivity index (χ1v) is 5.63. The molecule has 1 unspecified atom stereocenters. The molecule has 1 heterocycles. The number of nitrogens with two attached hydrogens (primary N) is 1. The predicted octanol–water partition coefficient (Wildman–Crippen LogP) is -0.539. The van der Waals surface area contributed by atoms with Crippen LogP contribution in [0.25, 0.3) is 0 Å². The second-order valence-corrected chi connectivity index (χ2v) is 4.29. The second-order valence-electron chi connectivity index (χ2n) is 4.29. The van der Waals surface area contributed by atoms with E-state index < -0.39 is 23.8 Å². The van der Waals surface area contributed by atoms with Crippen LogP contribution in [-0.2, 0) is 9.59 Å². The van der Waals surface area contributed by atoms with Crippen LogP contribution in [-0.4, -0.2) is 40.3 Å². The molecule has 3 amide bonds. The summed E-state index contributed by atoms with van der Waals surface area (Å²) in [5, 5.41) is 11.5. The molecule has 0 saturated carbocycles. The van der Waals surface area contributed by atoms with Crippen LogP contribution < -0.4 is 11.1 Å². The summed E-state index contributed by atoms with van der Waals surface area (Å²) in [6.07, 6.45) is 0. The largest absolute Gasteiger partial charge is 0.508 e. The molecule has 0 spiro atoms. The SMILES string of the molecule is CC1C(=O)NC(=O)CN1C(=O)c1cc(O)ccc1N. The number of amides is 3. The van der Waals surface area contributed by atoms with E-state index in [9.17, 15) is 19.5 Å². The molecule has 0 bridgehead atoms. The Labute approximate surface area is 109 Å². The quantitative estimate of drug-likeness (QED) is 0.358. The molecular formula is C12H13N3O4. The Hall–Kier alpha value is -2.57. The average Bonchev–Trinajstić information content (AvgIpc) is 2.36. The van der Waals surface area contributed by atoms with Crippen molar-refractivity contribution in [1.82, 2.24) is 10.2 Å². The molecule has 1 aliphatic rings. The predicted molar refractivity (Wildman–Crippen MR) is 66.2 cm³/mol. The molecule has 2 rings (SSSR count). The van der Waals surface area contributed by atoms with Gasteiger partial charge < -0.3 is 15.7 Å². The number of phenols is 1. The molecule has 7 nitrogen and oxygen atoms in total. The number of nitrogen functional groups attached to an aromatic ring is 1. The van der Waals surface area contributed by atoms with E-state index in [1.807, 2.05) is 0 Å². The third kappa shape index (κ3) is 2.35. The number of anilines is 1. The van der Waals surface area contributed by atoms with E-state index in [2.05, 4.69) is 5.32 Å². The van der Waals surface area contributed by atoms with Crippen molar-refractivity contribution >= 4 is 23.4 Å². The lowest BCUT2D eigenvalue weighted by Crippen LogP contribution is -2.58. The van der Waals surface area contributed by atoms with Gasteiger partial charge in [-0.3, -0.25) is 19.7 Å². The molecular weight excluding hydrogens is 250 g/mol. The molecule has 1 fully saturated rings. The van der Waals surface area contributed by atoms with E-state index in [-0.39, 0.29) is 23.5 Å². The van der Waals surface area contributed by atoms with E-state index in [0.717, 1.165) is 4.90 Å². The minimum Gasteiger partial charge on any atom is -0.508 e. The minimum absolute atomic E-state index is 0.0642. The van der Waals surface area contributed by atoms with Crippen LogP contribution in [0, 0.1) is 0 Å². The number of imide groups is 1. The van der Waals surface area contributed by atoms with Gasteiger partial charge >= 0.3 is 0 Å². The Morgan fingerprint density at radius 1 is 1.47 bits per heavy atom. The number of hydrogen-bond donors (Lipinski definition) is 3. The highest BCUT2D eigenvalue weighted by Crippen LogP contribution is 2.21. The zero-order valence-electron chi connectivity index (χ0n) is 10.2.